The number of esters is 1. The molecule has 3 rings (SSSR count). The van der Waals surface area contributed by atoms with Crippen LogP contribution in [0.5, 0.6) is 28.7 Å². The Labute approximate surface area is 184 Å². The van der Waals surface area contributed by atoms with Gasteiger partial charge in [-0.05, 0) is 54.4 Å². The summed E-state index contributed by atoms with van der Waals surface area (Å²) in [5.74, 6) is 1.40. The summed E-state index contributed by atoms with van der Waals surface area (Å²) in [5, 5.41) is 10.3. The summed E-state index contributed by atoms with van der Waals surface area (Å²) in [6.07, 6.45) is 0. The topological polar surface area (TPSA) is 83.5 Å². The third-order valence-corrected chi connectivity index (χ3v) is 5.79. The molecule has 0 aliphatic carbocycles. The summed E-state index contributed by atoms with van der Waals surface area (Å²) in [4.78, 5) is 13.7. The molecule has 7 nitrogen and oxygen atoms in total. The minimum atomic E-state index is -0.412. The molecule has 0 unspecified atom stereocenters. The summed E-state index contributed by atoms with van der Waals surface area (Å²) < 4.78 is 26.7. The number of rotatable bonds is 8. The van der Waals surface area contributed by atoms with Crippen LogP contribution in [-0.2, 0) is 4.74 Å². The van der Waals surface area contributed by atoms with Gasteiger partial charge in [0.05, 0.1) is 35.0 Å². The van der Waals surface area contributed by atoms with Crippen LogP contribution in [-0.4, -0.2) is 46.1 Å². The summed E-state index contributed by atoms with van der Waals surface area (Å²) in [6.45, 7) is 2.03. The second kappa shape index (κ2) is 9.61. The lowest BCUT2D eigenvalue weighted by atomic mass is 10.0. The molecule has 164 valence electrons. The van der Waals surface area contributed by atoms with Gasteiger partial charge in [0.1, 0.15) is 4.88 Å². The van der Waals surface area contributed by atoms with Crippen molar-refractivity contribution in [1.29, 1.82) is 0 Å². The summed E-state index contributed by atoms with van der Waals surface area (Å²) in [5.41, 5.74) is 2.24. The molecule has 0 fully saturated rings. The molecule has 0 saturated carbocycles. The average molecular weight is 445 g/mol. The highest BCUT2D eigenvalue weighted by Crippen LogP contribution is 2.46. The number of benzene rings is 2. The van der Waals surface area contributed by atoms with Crippen LogP contribution in [0.3, 0.4) is 0 Å². The second-order valence-electron chi connectivity index (χ2n) is 6.37. The van der Waals surface area contributed by atoms with Crippen LogP contribution >= 0.6 is 11.3 Å². The van der Waals surface area contributed by atoms with Gasteiger partial charge < -0.3 is 28.8 Å². The first kappa shape index (κ1) is 22.3. The molecule has 0 aliphatic heterocycles. The van der Waals surface area contributed by atoms with Gasteiger partial charge in [0, 0.05) is 10.4 Å². The van der Waals surface area contributed by atoms with Crippen molar-refractivity contribution < 1.29 is 33.6 Å². The molecule has 1 N–H and O–H groups in total. The Morgan fingerprint density at radius 2 is 1.52 bits per heavy atom. The quantitative estimate of drug-likeness (QED) is 0.490. The third-order valence-electron chi connectivity index (χ3n) is 4.63. The molecule has 0 spiro atoms. The van der Waals surface area contributed by atoms with E-state index in [0.717, 1.165) is 21.6 Å². The number of hydrogen-bond donors (Lipinski definition) is 1. The van der Waals surface area contributed by atoms with Gasteiger partial charge >= 0.3 is 5.97 Å². The Bertz CT molecular complexity index is 1060. The Morgan fingerprint density at radius 1 is 0.871 bits per heavy atom. The molecule has 0 amide bonds. The summed E-state index contributed by atoms with van der Waals surface area (Å²) >= 11 is 1.28. The van der Waals surface area contributed by atoms with Crippen LogP contribution in [0.1, 0.15) is 16.6 Å². The largest absolute Gasteiger partial charge is 0.504 e. The molecule has 1 heterocycles. The first-order chi connectivity index (χ1) is 15.0. The molecular weight excluding hydrogens is 420 g/mol. The lowest BCUT2D eigenvalue weighted by Crippen LogP contribution is -2.01. The number of thiophene rings is 1. The van der Waals surface area contributed by atoms with Crippen molar-refractivity contribution in [3.63, 3.8) is 0 Å². The number of phenolic OH excluding ortho intramolecular Hbond substituents is 1. The zero-order valence-corrected chi connectivity index (χ0v) is 18.8. The minimum Gasteiger partial charge on any atom is -0.504 e. The van der Waals surface area contributed by atoms with Gasteiger partial charge in [0.2, 0.25) is 5.75 Å². The van der Waals surface area contributed by atoms with Crippen LogP contribution < -0.4 is 18.9 Å². The molecule has 3 aromatic rings. The van der Waals surface area contributed by atoms with E-state index in [1.807, 2.05) is 18.2 Å². The molecule has 0 aliphatic rings. The van der Waals surface area contributed by atoms with Crippen LogP contribution in [0.4, 0.5) is 0 Å². The number of hydrogen-bond acceptors (Lipinski definition) is 8. The SMILES string of the molecule is CCOC(=O)c1cc(-c2cc(OC)c(OC)c(OC)c2)c(-c2ccc(OC)c(O)c2)s1. The monoisotopic (exact) mass is 444 g/mol. The number of aromatic hydroxyl groups is 1. The standard InChI is InChI=1S/C23H24O7S/c1-6-30-23(25)20-12-15(14-10-18(27-3)21(29-5)19(11-14)28-4)22(31-20)13-7-8-17(26-2)16(24)9-13/h7-12,24H,6H2,1-5H3. The fourth-order valence-electron chi connectivity index (χ4n) is 3.19. The number of methoxy groups -OCH3 is 4. The van der Waals surface area contributed by atoms with E-state index in [9.17, 15) is 9.90 Å². The fraction of sp³-hybridized carbons (Fsp3) is 0.261. The molecule has 1 aromatic heterocycles. The molecular formula is C23H24O7S. The number of ether oxygens (including phenoxy) is 5. The molecule has 2 aromatic carbocycles. The maximum absolute atomic E-state index is 12.4. The van der Waals surface area contributed by atoms with Crippen LogP contribution in [0, 0.1) is 0 Å². The zero-order chi connectivity index (χ0) is 22.5. The second-order valence-corrected chi connectivity index (χ2v) is 7.43. The van der Waals surface area contributed by atoms with Gasteiger partial charge in [0.25, 0.3) is 0 Å². The third kappa shape index (κ3) is 4.39. The Hall–Kier alpha value is -3.39. The molecule has 0 radical (unpaired) electrons. The van der Waals surface area contributed by atoms with Crippen LogP contribution in [0.2, 0.25) is 0 Å². The normalized spacial score (nSPS) is 10.5. The summed E-state index contributed by atoms with van der Waals surface area (Å²) in [6, 6.07) is 10.5. The molecule has 0 bridgehead atoms. The van der Waals surface area contributed by atoms with Gasteiger partial charge in [-0.15, -0.1) is 11.3 Å². The highest BCUT2D eigenvalue weighted by molar-refractivity contribution is 7.18. The number of carbonyl (C=O) groups is 1. The maximum Gasteiger partial charge on any atom is 0.348 e. The van der Waals surface area contributed by atoms with Gasteiger partial charge in [0.15, 0.2) is 23.0 Å². The number of phenols is 1. The predicted octanol–water partition coefficient (Wildman–Crippen LogP) is 5.00. The van der Waals surface area contributed by atoms with Crippen molar-refractivity contribution >= 4 is 17.3 Å². The van der Waals surface area contributed by atoms with Gasteiger partial charge in [-0.2, -0.15) is 0 Å². The van der Waals surface area contributed by atoms with E-state index in [2.05, 4.69) is 0 Å². The van der Waals surface area contributed by atoms with Gasteiger partial charge in [-0.3, -0.25) is 0 Å². The Kier molecular flexibility index (Phi) is 6.91. The molecule has 8 heteroatoms. The molecule has 31 heavy (non-hydrogen) atoms. The zero-order valence-electron chi connectivity index (χ0n) is 18.0. The summed E-state index contributed by atoms with van der Waals surface area (Å²) in [7, 11) is 6.11. The molecule has 0 atom stereocenters. The Balaban J connectivity index is 2.24. The lowest BCUT2D eigenvalue weighted by Gasteiger charge is -2.14. The van der Waals surface area contributed by atoms with Crippen molar-refractivity contribution in [1.82, 2.24) is 0 Å². The average Bonchev–Trinajstić information content (AvgIpc) is 3.23. The smallest absolute Gasteiger partial charge is 0.348 e. The van der Waals surface area contributed by atoms with Gasteiger partial charge in [-0.1, -0.05) is 0 Å². The maximum atomic E-state index is 12.4. The van der Waals surface area contributed by atoms with E-state index in [1.54, 1.807) is 39.3 Å². The van der Waals surface area contributed by atoms with E-state index >= 15 is 0 Å². The van der Waals surface area contributed by atoms with Crippen molar-refractivity contribution in [2.45, 2.75) is 6.92 Å². The van der Waals surface area contributed by atoms with E-state index in [4.69, 9.17) is 23.7 Å². The van der Waals surface area contributed by atoms with Gasteiger partial charge in [-0.25, -0.2) is 4.79 Å². The lowest BCUT2D eigenvalue weighted by molar-refractivity contribution is 0.0532. The number of carbonyl (C=O) groups excluding carboxylic acids is 1. The predicted molar refractivity (Wildman–Crippen MR) is 119 cm³/mol. The minimum absolute atomic E-state index is 0.00178. The van der Waals surface area contributed by atoms with Crippen LogP contribution in [0.25, 0.3) is 21.6 Å². The highest BCUT2D eigenvalue weighted by Gasteiger charge is 2.22. The van der Waals surface area contributed by atoms with Crippen LogP contribution in [0.15, 0.2) is 36.4 Å². The van der Waals surface area contributed by atoms with E-state index < -0.39 is 5.97 Å². The van der Waals surface area contributed by atoms with E-state index in [0.29, 0.717) is 27.9 Å². The fourth-order valence-corrected chi connectivity index (χ4v) is 4.26. The molecule has 0 saturated heterocycles. The highest BCUT2D eigenvalue weighted by atomic mass is 32.1. The van der Waals surface area contributed by atoms with Crippen molar-refractivity contribution in [2.75, 3.05) is 35.0 Å². The van der Waals surface area contributed by atoms with Crippen molar-refractivity contribution in [3.8, 4) is 50.3 Å². The van der Waals surface area contributed by atoms with E-state index in [1.165, 1.54) is 25.6 Å². The Morgan fingerprint density at radius 3 is 2.03 bits per heavy atom. The first-order valence-electron chi connectivity index (χ1n) is 9.46. The van der Waals surface area contributed by atoms with Crippen molar-refractivity contribution in [3.05, 3.63) is 41.3 Å². The van der Waals surface area contributed by atoms with Crippen molar-refractivity contribution in [2.24, 2.45) is 0 Å². The first-order valence-corrected chi connectivity index (χ1v) is 10.3. The van der Waals surface area contributed by atoms with E-state index in [-0.39, 0.29) is 12.4 Å².